The number of nitrogens with one attached hydrogen (secondary N) is 2. The molecule has 8 heteroatoms. The molecule has 5 nitrogen and oxygen atoms in total. The minimum Gasteiger partial charge on any atom is -0.376 e. The molecule has 1 saturated heterocycles. The van der Waals surface area contributed by atoms with Gasteiger partial charge in [-0.3, -0.25) is 0 Å². The van der Waals surface area contributed by atoms with Gasteiger partial charge in [0.05, 0.1) is 31.5 Å². The minimum absolute atomic E-state index is 0.211. The maximum absolute atomic E-state index is 12.4. The average molecular weight is 304 g/mol. The molecule has 1 aromatic rings. The first-order valence-electron chi connectivity index (χ1n) is 6.36. The predicted molar refractivity (Wildman–Crippen MR) is 69.0 cm³/mol. The molecule has 1 fully saturated rings. The zero-order valence-electron chi connectivity index (χ0n) is 11.1. The first-order valence-corrected chi connectivity index (χ1v) is 6.36. The van der Waals surface area contributed by atoms with Crippen LogP contribution in [0.3, 0.4) is 0 Å². The summed E-state index contributed by atoms with van der Waals surface area (Å²) in [7, 11) is 0. The van der Waals surface area contributed by atoms with Gasteiger partial charge in [-0.1, -0.05) is 0 Å². The topological polar surface area (TPSA) is 59.6 Å². The zero-order valence-corrected chi connectivity index (χ0v) is 11.1. The van der Waals surface area contributed by atoms with Crippen LogP contribution in [0, 0.1) is 0 Å². The Bertz CT molecular complexity index is 471. The van der Waals surface area contributed by atoms with E-state index in [1.807, 2.05) is 0 Å². The van der Waals surface area contributed by atoms with Crippen LogP contribution in [-0.2, 0) is 15.7 Å². The second-order valence-corrected chi connectivity index (χ2v) is 4.48. The van der Waals surface area contributed by atoms with Gasteiger partial charge < -0.3 is 20.1 Å². The van der Waals surface area contributed by atoms with Crippen LogP contribution in [0.4, 0.5) is 23.7 Å². The number of benzene rings is 1. The quantitative estimate of drug-likeness (QED) is 0.900. The van der Waals surface area contributed by atoms with Crippen molar-refractivity contribution in [2.45, 2.75) is 12.3 Å². The molecule has 2 rings (SSSR count). The molecule has 0 spiro atoms. The van der Waals surface area contributed by atoms with Crippen molar-refractivity contribution in [3.8, 4) is 0 Å². The molecule has 1 aromatic carbocycles. The molecule has 1 aliphatic rings. The highest BCUT2D eigenvalue weighted by molar-refractivity contribution is 5.89. The lowest BCUT2D eigenvalue weighted by Gasteiger charge is -2.23. The number of carbonyl (C=O) groups is 1. The van der Waals surface area contributed by atoms with Crippen molar-refractivity contribution in [3.05, 3.63) is 29.8 Å². The van der Waals surface area contributed by atoms with Crippen molar-refractivity contribution in [2.24, 2.45) is 0 Å². The van der Waals surface area contributed by atoms with Crippen LogP contribution >= 0.6 is 0 Å². The Morgan fingerprint density at radius 3 is 2.52 bits per heavy atom. The lowest BCUT2D eigenvalue weighted by Crippen LogP contribution is -2.41. The summed E-state index contributed by atoms with van der Waals surface area (Å²) in [6.45, 7) is 1.69. The summed E-state index contributed by atoms with van der Waals surface area (Å²) in [5.41, 5.74) is -0.484. The van der Waals surface area contributed by atoms with E-state index in [1.165, 1.54) is 12.1 Å². The Morgan fingerprint density at radius 2 is 1.95 bits per heavy atom. The number of anilines is 1. The lowest BCUT2D eigenvalue weighted by atomic mass is 10.2. The van der Waals surface area contributed by atoms with E-state index in [-0.39, 0.29) is 18.3 Å². The van der Waals surface area contributed by atoms with Crippen LogP contribution in [-0.4, -0.2) is 38.5 Å². The van der Waals surface area contributed by atoms with Gasteiger partial charge in [0.25, 0.3) is 0 Å². The van der Waals surface area contributed by atoms with E-state index in [4.69, 9.17) is 9.47 Å². The van der Waals surface area contributed by atoms with Crippen LogP contribution < -0.4 is 10.6 Å². The van der Waals surface area contributed by atoms with Crippen molar-refractivity contribution >= 4 is 11.7 Å². The summed E-state index contributed by atoms with van der Waals surface area (Å²) >= 11 is 0. The van der Waals surface area contributed by atoms with Gasteiger partial charge in [0.2, 0.25) is 0 Å². The van der Waals surface area contributed by atoms with Crippen LogP contribution in [0.15, 0.2) is 24.3 Å². The zero-order chi connectivity index (χ0) is 15.3. The highest BCUT2D eigenvalue weighted by Gasteiger charge is 2.30. The fourth-order valence-electron chi connectivity index (χ4n) is 1.78. The second kappa shape index (κ2) is 6.77. The third-order valence-corrected chi connectivity index (χ3v) is 2.85. The molecule has 1 atom stereocenters. The van der Waals surface area contributed by atoms with E-state index in [9.17, 15) is 18.0 Å². The third-order valence-electron chi connectivity index (χ3n) is 2.85. The summed E-state index contributed by atoms with van der Waals surface area (Å²) < 4.78 is 47.7. The van der Waals surface area contributed by atoms with Crippen molar-refractivity contribution in [2.75, 3.05) is 31.7 Å². The molecule has 2 N–H and O–H groups in total. The number of rotatable bonds is 3. The summed E-state index contributed by atoms with van der Waals surface area (Å²) in [6, 6.07) is 3.70. The molecule has 21 heavy (non-hydrogen) atoms. The fourth-order valence-corrected chi connectivity index (χ4v) is 1.78. The fraction of sp³-hybridized carbons (Fsp3) is 0.462. The molecule has 0 aromatic heterocycles. The van der Waals surface area contributed by atoms with Gasteiger partial charge >= 0.3 is 12.2 Å². The Morgan fingerprint density at radius 1 is 1.24 bits per heavy atom. The van der Waals surface area contributed by atoms with E-state index in [2.05, 4.69) is 10.6 Å². The second-order valence-electron chi connectivity index (χ2n) is 4.48. The van der Waals surface area contributed by atoms with Gasteiger partial charge in [-0.2, -0.15) is 13.2 Å². The number of ether oxygens (including phenoxy) is 2. The summed E-state index contributed by atoms with van der Waals surface area (Å²) in [5.74, 6) is 0. The number of hydrogen-bond acceptors (Lipinski definition) is 3. The average Bonchev–Trinajstić information content (AvgIpc) is 2.46. The number of halogens is 3. The first-order chi connectivity index (χ1) is 9.95. The Balaban J connectivity index is 1.79. The molecular weight excluding hydrogens is 289 g/mol. The van der Waals surface area contributed by atoms with Gasteiger partial charge in [0.15, 0.2) is 0 Å². The molecular formula is C13H15F3N2O3. The number of hydrogen-bond donors (Lipinski definition) is 2. The van der Waals surface area contributed by atoms with E-state index in [0.29, 0.717) is 19.8 Å². The van der Waals surface area contributed by atoms with Gasteiger partial charge in [0.1, 0.15) is 0 Å². The van der Waals surface area contributed by atoms with E-state index >= 15 is 0 Å². The minimum atomic E-state index is -4.39. The molecule has 2 amide bonds. The van der Waals surface area contributed by atoms with E-state index in [1.54, 1.807) is 0 Å². The molecule has 1 heterocycles. The largest absolute Gasteiger partial charge is 0.416 e. The maximum atomic E-state index is 12.4. The molecule has 0 bridgehead atoms. The summed E-state index contributed by atoms with van der Waals surface area (Å²) in [4.78, 5) is 11.6. The number of carbonyl (C=O) groups excluding carboxylic acids is 1. The highest BCUT2D eigenvalue weighted by Crippen LogP contribution is 2.29. The molecule has 0 aliphatic carbocycles. The van der Waals surface area contributed by atoms with Gasteiger partial charge in [-0.25, -0.2) is 4.79 Å². The molecule has 1 aliphatic heterocycles. The number of alkyl halides is 3. The van der Waals surface area contributed by atoms with E-state index in [0.717, 1.165) is 12.1 Å². The predicted octanol–water partition coefficient (Wildman–Crippen LogP) is 2.24. The molecule has 0 saturated carbocycles. The van der Waals surface area contributed by atoms with Crippen molar-refractivity contribution in [1.29, 1.82) is 0 Å². The molecule has 116 valence electrons. The van der Waals surface area contributed by atoms with Gasteiger partial charge in [-0.15, -0.1) is 0 Å². The van der Waals surface area contributed by atoms with E-state index < -0.39 is 17.8 Å². The summed E-state index contributed by atoms with van der Waals surface area (Å²) in [6.07, 6.45) is -4.60. The maximum Gasteiger partial charge on any atom is 0.416 e. The number of urea groups is 1. The monoisotopic (exact) mass is 304 g/mol. The number of amides is 2. The van der Waals surface area contributed by atoms with Gasteiger partial charge in [-0.05, 0) is 24.3 Å². The van der Waals surface area contributed by atoms with Crippen LogP contribution in [0.5, 0.6) is 0 Å². The van der Waals surface area contributed by atoms with Gasteiger partial charge in [0, 0.05) is 12.2 Å². The Labute approximate surface area is 119 Å². The Hall–Kier alpha value is -1.80. The van der Waals surface area contributed by atoms with Crippen LogP contribution in [0.1, 0.15) is 5.56 Å². The lowest BCUT2D eigenvalue weighted by molar-refractivity contribution is -0.137. The molecule has 0 unspecified atom stereocenters. The first kappa shape index (κ1) is 15.6. The van der Waals surface area contributed by atoms with Crippen molar-refractivity contribution in [1.82, 2.24) is 5.32 Å². The van der Waals surface area contributed by atoms with Crippen molar-refractivity contribution in [3.63, 3.8) is 0 Å². The summed E-state index contributed by atoms with van der Waals surface area (Å²) in [5, 5.41) is 5.01. The Kier molecular flexibility index (Phi) is 5.03. The standard InChI is InChI=1S/C13H15F3N2O3/c14-13(15,16)9-1-3-10(4-2-9)18-12(19)17-7-11-8-20-5-6-21-11/h1-4,11H,5-8H2,(H2,17,18,19)/t11-/m1/s1. The third kappa shape index (κ3) is 4.91. The SMILES string of the molecule is O=C(NC[C@@H]1COCCO1)Nc1ccc(C(F)(F)F)cc1. The highest BCUT2D eigenvalue weighted by atomic mass is 19.4. The normalized spacial score (nSPS) is 19.1. The smallest absolute Gasteiger partial charge is 0.376 e. The van der Waals surface area contributed by atoms with Crippen LogP contribution in [0.25, 0.3) is 0 Å². The van der Waals surface area contributed by atoms with Crippen LogP contribution in [0.2, 0.25) is 0 Å². The van der Waals surface area contributed by atoms with Crippen molar-refractivity contribution < 1.29 is 27.4 Å². The molecule has 0 radical (unpaired) electrons.